The Morgan fingerprint density at radius 2 is 2.15 bits per heavy atom. The maximum absolute atomic E-state index is 12.0. The third-order valence-electron chi connectivity index (χ3n) is 2.44. The molecule has 0 spiro atoms. The first-order valence-electron chi connectivity index (χ1n) is 6.02. The minimum Gasteiger partial charge on any atom is -0.494 e. The number of benzene rings is 1. The van der Waals surface area contributed by atoms with Gasteiger partial charge in [-0.15, -0.1) is 11.3 Å². The Bertz CT molecular complexity index is 612. The van der Waals surface area contributed by atoms with Gasteiger partial charge in [0.05, 0.1) is 12.2 Å². The van der Waals surface area contributed by atoms with Gasteiger partial charge in [-0.1, -0.05) is 0 Å². The van der Waals surface area contributed by atoms with Crippen molar-refractivity contribution in [2.45, 2.75) is 13.5 Å². The predicted octanol–water partition coefficient (Wildman–Crippen LogP) is 3.85. The minimum atomic E-state index is -0.414. The summed E-state index contributed by atoms with van der Waals surface area (Å²) in [5.74, 6) is 0.154. The van der Waals surface area contributed by atoms with Crippen LogP contribution in [0, 0.1) is 0 Å². The molecule has 0 aliphatic carbocycles. The van der Waals surface area contributed by atoms with Crippen LogP contribution in [0.4, 0.5) is 5.69 Å². The van der Waals surface area contributed by atoms with Crippen molar-refractivity contribution in [1.29, 1.82) is 0 Å². The summed E-state index contributed by atoms with van der Waals surface area (Å²) in [5.41, 5.74) is 6.61. The third-order valence-corrected chi connectivity index (χ3v) is 4.11. The third kappa shape index (κ3) is 3.98. The van der Waals surface area contributed by atoms with Gasteiger partial charge in [0, 0.05) is 26.5 Å². The average molecular weight is 356 g/mol. The van der Waals surface area contributed by atoms with E-state index in [1.165, 1.54) is 11.3 Å². The molecule has 6 heteroatoms. The number of nitrogen functional groups attached to an aromatic ring is 1. The van der Waals surface area contributed by atoms with Gasteiger partial charge in [0.2, 0.25) is 0 Å². The first-order chi connectivity index (χ1) is 9.58. The zero-order valence-corrected chi connectivity index (χ0v) is 13.3. The minimum absolute atomic E-state index is 0.244. The molecular formula is C14H14BrNO3S. The highest BCUT2D eigenvalue weighted by atomic mass is 79.9. The van der Waals surface area contributed by atoms with Crippen molar-refractivity contribution in [2.75, 3.05) is 12.3 Å². The predicted molar refractivity (Wildman–Crippen MR) is 83.2 cm³/mol. The fourth-order valence-electron chi connectivity index (χ4n) is 1.64. The Labute approximate surface area is 129 Å². The van der Waals surface area contributed by atoms with E-state index in [-0.39, 0.29) is 6.61 Å². The van der Waals surface area contributed by atoms with Crippen molar-refractivity contribution >= 4 is 38.9 Å². The van der Waals surface area contributed by atoms with E-state index >= 15 is 0 Å². The van der Waals surface area contributed by atoms with Crippen molar-refractivity contribution in [2.24, 2.45) is 0 Å². The van der Waals surface area contributed by atoms with Gasteiger partial charge in [-0.2, -0.15) is 0 Å². The Morgan fingerprint density at radius 3 is 2.80 bits per heavy atom. The van der Waals surface area contributed by atoms with Crippen molar-refractivity contribution in [3.63, 3.8) is 0 Å². The van der Waals surface area contributed by atoms with Gasteiger partial charge in [-0.3, -0.25) is 0 Å². The summed E-state index contributed by atoms with van der Waals surface area (Å²) in [6.45, 7) is 2.63. The smallest absolute Gasteiger partial charge is 0.338 e. The number of carbonyl (C=O) groups is 1. The average Bonchev–Trinajstić information content (AvgIpc) is 2.81. The van der Waals surface area contributed by atoms with Crippen LogP contribution >= 0.6 is 27.3 Å². The SMILES string of the molecule is CCOc1cc(N)cc(C(=O)OCc2cc(Br)cs2)c1. The molecule has 2 N–H and O–H groups in total. The lowest BCUT2D eigenvalue weighted by Gasteiger charge is -2.08. The fraction of sp³-hybridized carbons (Fsp3) is 0.214. The molecule has 2 aromatic rings. The van der Waals surface area contributed by atoms with Gasteiger partial charge < -0.3 is 15.2 Å². The quantitative estimate of drug-likeness (QED) is 0.653. The van der Waals surface area contributed by atoms with E-state index in [9.17, 15) is 4.79 Å². The second-order valence-corrected chi connectivity index (χ2v) is 5.94. The molecule has 0 fully saturated rings. The maximum Gasteiger partial charge on any atom is 0.338 e. The van der Waals surface area contributed by atoms with Crippen LogP contribution in [0.3, 0.4) is 0 Å². The molecule has 106 valence electrons. The molecule has 0 radical (unpaired) electrons. The van der Waals surface area contributed by atoms with Crippen LogP contribution in [0.2, 0.25) is 0 Å². The van der Waals surface area contributed by atoms with Gasteiger partial charge >= 0.3 is 5.97 Å². The molecule has 20 heavy (non-hydrogen) atoms. The number of rotatable bonds is 5. The summed E-state index contributed by atoms with van der Waals surface area (Å²) in [6.07, 6.45) is 0. The molecular weight excluding hydrogens is 342 g/mol. The van der Waals surface area contributed by atoms with Gasteiger partial charge in [0.15, 0.2) is 0 Å². The van der Waals surface area contributed by atoms with Gasteiger partial charge in [0.25, 0.3) is 0 Å². The van der Waals surface area contributed by atoms with Crippen molar-refractivity contribution < 1.29 is 14.3 Å². The number of hydrogen-bond donors (Lipinski definition) is 1. The summed E-state index contributed by atoms with van der Waals surface area (Å²) in [4.78, 5) is 13.0. The zero-order valence-electron chi connectivity index (χ0n) is 10.9. The first kappa shape index (κ1) is 14.9. The van der Waals surface area contributed by atoms with E-state index in [2.05, 4.69) is 15.9 Å². The summed E-state index contributed by atoms with van der Waals surface area (Å²) in [5, 5.41) is 1.94. The number of thiophene rings is 1. The lowest BCUT2D eigenvalue weighted by Crippen LogP contribution is -2.06. The number of ether oxygens (including phenoxy) is 2. The number of esters is 1. The number of nitrogens with two attached hydrogens (primary N) is 1. The van der Waals surface area contributed by atoms with Crippen molar-refractivity contribution in [3.8, 4) is 5.75 Å². The molecule has 0 aliphatic heterocycles. The molecule has 0 saturated heterocycles. The largest absolute Gasteiger partial charge is 0.494 e. The van der Waals surface area contributed by atoms with E-state index in [0.29, 0.717) is 23.6 Å². The van der Waals surface area contributed by atoms with Crippen LogP contribution in [0.1, 0.15) is 22.2 Å². The van der Waals surface area contributed by atoms with Crippen LogP contribution in [0.25, 0.3) is 0 Å². The van der Waals surface area contributed by atoms with E-state index in [1.54, 1.807) is 18.2 Å². The molecule has 1 heterocycles. The monoisotopic (exact) mass is 355 g/mol. The van der Waals surface area contributed by atoms with E-state index in [0.717, 1.165) is 9.35 Å². The summed E-state index contributed by atoms with van der Waals surface area (Å²) < 4.78 is 11.6. The summed E-state index contributed by atoms with van der Waals surface area (Å²) in [7, 11) is 0. The lowest BCUT2D eigenvalue weighted by atomic mass is 10.2. The van der Waals surface area contributed by atoms with Crippen LogP contribution in [-0.4, -0.2) is 12.6 Å². The maximum atomic E-state index is 12.0. The summed E-state index contributed by atoms with van der Waals surface area (Å²) >= 11 is 4.88. The van der Waals surface area contributed by atoms with E-state index < -0.39 is 5.97 Å². The topological polar surface area (TPSA) is 61.5 Å². The van der Waals surface area contributed by atoms with Gasteiger partial charge in [-0.25, -0.2) is 4.79 Å². The van der Waals surface area contributed by atoms with E-state index in [4.69, 9.17) is 15.2 Å². The Morgan fingerprint density at radius 1 is 1.35 bits per heavy atom. The Kier molecular flexibility index (Phi) is 5.03. The molecule has 0 saturated carbocycles. The number of hydrogen-bond acceptors (Lipinski definition) is 5. The van der Waals surface area contributed by atoms with Gasteiger partial charge in [-0.05, 0) is 41.1 Å². The molecule has 0 aliphatic rings. The zero-order chi connectivity index (χ0) is 14.5. The van der Waals surface area contributed by atoms with Crippen LogP contribution < -0.4 is 10.5 Å². The number of anilines is 1. The summed E-state index contributed by atoms with van der Waals surface area (Å²) in [6, 6.07) is 6.81. The molecule has 0 amide bonds. The molecule has 4 nitrogen and oxygen atoms in total. The second-order valence-electron chi connectivity index (χ2n) is 4.03. The fourth-order valence-corrected chi connectivity index (χ4v) is 3.00. The Balaban J connectivity index is 2.04. The molecule has 0 atom stereocenters. The van der Waals surface area contributed by atoms with Crippen molar-refractivity contribution in [3.05, 3.63) is 44.6 Å². The highest BCUT2D eigenvalue weighted by Gasteiger charge is 2.11. The molecule has 1 aromatic heterocycles. The Hall–Kier alpha value is -1.53. The second kappa shape index (κ2) is 6.76. The lowest BCUT2D eigenvalue weighted by molar-refractivity contribution is 0.0476. The van der Waals surface area contributed by atoms with Crippen LogP contribution in [0.15, 0.2) is 34.1 Å². The highest BCUT2D eigenvalue weighted by molar-refractivity contribution is 9.10. The van der Waals surface area contributed by atoms with Crippen LogP contribution in [-0.2, 0) is 11.3 Å². The normalized spacial score (nSPS) is 10.3. The molecule has 2 rings (SSSR count). The van der Waals surface area contributed by atoms with Crippen molar-refractivity contribution in [1.82, 2.24) is 0 Å². The molecule has 0 bridgehead atoms. The van der Waals surface area contributed by atoms with E-state index in [1.807, 2.05) is 18.4 Å². The van der Waals surface area contributed by atoms with Crippen LogP contribution in [0.5, 0.6) is 5.75 Å². The van der Waals surface area contributed by atoms with Gasteiger partial charge in [0.1, 0.15) is 12.4 Å². The first-order valence-corrected chi connectivity index (χ1v) is 7.69. The molecule has 0 unspecified atom stereocenters. The standard InChI is InChI=1S/C14H14BrNO3S/c1-2-18-12-4-9(3-11(16)6-12)14(17)19-7-13-5-10(15)8-20-13/h3-6,8H,2,7,16H2,1H3. The number of carbonyl (C=O) groups excluding carboxylic acids is 1. The highest BCUT2D eigenvalue weighted by Crippen LogP contribution is 2.22. The molecule has 1 aromatic carbocycles. The number of halogens is 1.